The number of carbonyl (C=O) groups is 1. The van der Waals surface area contributed by atoms with Crippen LogP contribution < -0.4 is 5.32 Å². The van der Waals surface area contributed by atoms with Crippen LogP contribution in [0.5, 0.6) is 0 Å². The van der Waals surface area contributed by atoms with E-state index in [4.69, 9.17) is 5.11 Å². The van der Waals surface area contributed by atoms with Crippen molar-refractivity contribution in [3.8, 4) is 5.69 Å². The Morgan fingerprint density at radius 2 is 1.90 bits per heavy atom. The zero-order valence-electron chi connectivity index (χ0n) is 11.9. The molecular weight excluding hydrogens is 268 g/mol. The maximum atomic E-state index is 11.9. The number of hydrogen-bond donors (Lipinski definition) is 2. The molecule has 2 aromatic rings. The summed E-state index contributed by atoms with van der Waals surface area (Å²) in [7, 11) is 0. The fraction of sp³-hybridized carbons (Fsp3) is 0.400. The summed E-state index contributed by atoms with van der Waals surface area (Å²) in [5, 5.41) is 19.3. The Balaban J connectivity index is 1.80. The van der Waals surface area contributed by atoms with E-state index in [1.807, 2.05) is 30.3 Å². The van der Waals surface area contributed by atoms with E-state index in [2.05, 4.69) is 15.6 Å². The van der Waals surface area contributed by atoms with Crippen molar-refractivity contribution in [3.05, 3.63) is 42.2 Å². The van der Waals surface area contributed by atoms with Gasteiger partial charge < -0.3 is 10.4 Å². The number of rotatable bonds is 8. The Labute approximate surface area is 123 Å². The van der Waals surface area contributed by atoms with E-state index in [-0.39, 0.29) is 12.5 Å². The summed E-state index contributed by atoms with van der Waals surface area (Å²) in [5.74, 6) is -0.209. The molecule has 2 rings (SSSR count). The Bertz CT molecular complexity index is 554. The van der Waals surface area contributed by atoms with Crippen molar-refractivity contribution in [2.24, 2.45) is 0 Å². The van der Waals surface area contributed by atoms with Crippen molar-refractivity contribution in [1.29, 1.82) is 0 Å². The Kier molecular flexibility index (Phi) is 5.90. The smallest absolute Gasteiger partial charge is 0.273 e. The third kappa shape index (κ3) is 4.68. The maximum Gasteiger partial charge on any atom is 0.273 e. The van der Waals surface area contributed by atoms with E-state index in [1.165, 1.54) is 0 Å². The van der Waals surface area contributed by atoms with E-state index in [9.17, 15) is 4.79 Å². The third-order valence-electron chi connectivity index (χ3n) is 3.12. The number of unbranched alkanes of at least 4 members (excludes halogenated alkanes) is 3. The van der Waals surface area contributed by atoms with Crippen molar-refractivity contribution < 1.29 is 9.90 Å². The number of benzene rings is 1. The second-order valence-electron chi connectivity index (χ2n) is 4.78. The van der Waals surface area contributed by atoms with E-state index < -0.39 is 0 Å². The Morgan fingerprint density at radius 1 is 1.14 bits per heavy atom. The van der Waals surface area contributed by atoms with Crippen molar-refractivity contribution in [3.63, 3.8) is 0 Å². The molecule has 0 unspecified atom stereocenters. The van der Waals surface area contributed by atoms with Gasteiger partial charge in [0, 0.05) is 13.2 Å². The lowest BCUT2D eigenvalue weighted by atomic mass is 10.2. The van der Waals surface area contributed by atoms with Crippen LogP contribution in [0.2, 0.25) is 0 Å². The number of amides is 1. The summed E-state index contributed by atoms with van der Waals surface area (Å²) in [6.07, 6.45) is 5.32. The van der Waals surface area contributed by atoms with Gasteiger partial charge >= 0.3 is 0 Å². The van der Waals surface area contributed by atoms with Gasteiger partial charge in [-0.15, -0.1) is 5.10 Å². The SMILES string of the molecule is O=C(NCCCCCCO)c1cn(-c2ccccc2)nn1. The molecule has 1 aromatic heterocycles. The molecule has 6 heteroatoms. The number of nitrogens with zero attached hydrogens (tertiary/aromatic N) is 3. The van der Waals surface area contributed by atoms with Crippen LogP contribution in [0.3, 0.4) is 0 Å². The molecule has 1 heterocycles. The predicted molar refractivity (Wildman–Crippen MR) is 79.2 cm³/mol. The number of nitrogens with one attached hydrogen (secondary N) is 1. The van der Waals surface area contributed by atoms with Gasteiger partial charge in [0.1, 0.15) is 0 Å². The standard InChI is InChI=1S/C15H20N4O2/c20-11-7-2-1-6-10-16-15(21)14-12-19(18-17-14)13-8-4-3-5-9-13/h3-5,8-9,12,20H,1-2,6-7,10-11H2,(H,16,21). The van der Waals surface area contributed by atoms with Gasteiger partial charge in [0.05, 0.1) is 11.9 Å². The average Bonchev–Trinajstić information content (AvgIpc) is 3.01. The van der Waals surface area contributed by atoms with E-state index >= 15 is 0 Å². The van der Waals surface area contributed by atoms with Gasteiger partial charge in [0.15, 0.2) is 5.69 Å². The van der Waals surface area contributed by atoms with Crippen LogP contribution in [0.15, 0.2) is 36.5 Å². The lowest BCUT2D eigenvalue weighted by Gasteiger charge is -2.02. The molecule has 0 saturated heterocycles. The normalized spacial score (nSPS) is 10.5. The minimum atomic E-state index is -0.209. The molecule has 6 nitrogen and oxygen atoms in total. The molecular formula is C15H20N4O2. The molecule has 2 N–H and O–H groups in total. The molecule has 0 saturated carbocycles. The summed E-state index contributed by atoms with van der Waals surface area (Å²) in [6, 6.07) is 9.53. The zero-order valence-corrected chi connectivity index (χ0v) is 11.9. The number of para-hydroxylation sites is 1. The molecule has 0 atom stereocenters. The first-order chi connectivity index (χ1) is 10.3. The summed E-state index contributed by atoms with van der Waals surface area (Å²) < 4.78 is 1.58. The van der Waals surface area contributed by atoms with Crippen molar-refractivity contribution >= 4 is 5.91 Å². The quantitative estimate of drug-likeness (QED) is 0.722. The first-order valence-corrected chi connectivity index (χ1v) is 7.18. The van der Waals surface area contributed by atoms with Gasteiger partial charge in [-0.1, -0.05) is 36.3 Å². The highest BCUT2D eigenvalue weighted by molar-refractivity contribution is 5.91. The predicted octanol–water partition coefficient (Wildman–Crippen LogP) is 1.55. The fourth-order valence-corrected chi connectivity index (χ4v) is 1.96. The Hall–Kier alpha value is -2.21. The van der Waals surface area contributed by atoms with Crippen LogP contribution in [0.1, 0.15) is 36.2 Å². The van der Waals surface area contributed by atoms with Crippen LogP contribution in [0.4, 0.5) is 0 Å². The van der Waals surface area contributed by atoms with Crippen LogP contribution in [-0.2, 0) is 0 Å². The van der Waals surface area contributed by atoms with Crippen molar-refractivity contribution in [2.45, 2.75) is 25.7 Å². The highest BCUT2D eigenvalue weighted by Gasteiger charge is 2.10. The topological polar surface area (TPSA) is 80.0 Å². The number of hydrogen-bond acceptors (Lipinski definition) is 4. The molecule has 1 aromatic carbocycles. The van der Waals surface area contributed by atoms with Gasteiger partial charge in [-0.25, -0.2) is 4.68 Å². The van der Waals surface area contributed by atoms with Crippen LogP contribution in [0.25, 0.3) is 5.69 Å². The van der Waals surface area contributed by atoms with Gasteiger partial charge in [-0.05, 0) is 25.0 Å². The average molecular weight is 288 g/mol. The van der Waals surface area contributed by atoms with E-state index in [0.29, 0.717) is 12.2 Å². The first kappa shape index (κ1) is 15.2. The molecule has 0 spiro atoms. The maximum absolute atomic E-state index is 11.9. The number of aliphatic hydroxyl groups is 1. The lowest BCUT2D eigenvalue weighted by molar-refractivity contribution is 0.0947. The summed E-state index contributed by atoms with van der Waals surface area (Å²) in [5.41, 5.74) is 1.18. The molecule has 0 aliphatic carbocycles. The van der Waals surface area contributed by atoms with Gasteiger partial charge in [0.25, 0.3) is 5.91 Å². The largest absolute Gasteiger partial charge is 0.396 e. The van der Waals surface area contributed by atoms with Gasteiger partial charge in [-0.3, -0.25) is 4.79 Å². The third-order valence-corrected chi connectivity index (χ3v) is 3.12. The fourth-order valence-electron chi connectivity index (χ4n) is 1.96. The molecule has 0 aliphatic heterocycles. The molecule has 0 aliphatic rings. The van der Waals surface area contributed by atoms with Crippen molar-refractivity contribution in [2.75, 3.05) is 13.2 Å². The Morgan fingerprint density at radius 3 is 2.67 bits per heavy atom. The molecule has 0 fully saturated rings. The molecule has 112 valence electrons. The zero-order chi connectivity index (χ0) is 14.9. The summed E-state index contributed by atoms with van der Waals surface area (Å²) >= 11 is 0. The van der Waals surface area contributed by atoms with Crippen molar-refractivity contribution in [1.82, 2.24) is 20.3 Å². The van der Waals surface area contributed by atoms with Gasteiger partial charge in [-0.2, -0.15) is 0 Å². The molecule has 0 bridgehead atoms. The molecule has 1 amide bonds. The van der Waals surface area contributed by atoms with E-state index in [1.54, 1.807) is 10.9 Å². The second-order valence-corrected chi connectivity index (χ2v) is 4.78. The lowest BCUT2D eigenvalue weighted by Crippen LogP contribution is -2.24. The summed E-state index contributed by atoms with van der Waals surface area (Å²) in [6.45, 7) is 0.845. The van der Waals surface area contributed by atoms with Crippen LogP contribution in [-0.4, -0.2) is 39.2 Å². The van der Waals surface area contributed by atoms with Gasteiger partial charge in [0.2, 0.25) is 0 Å². The molecule has 0 radical (unpaired) electrons. The molecule has 21 heavy (non-hydrogen) atoms. The minimum absolute atomic E-state index is 0.209. The number of aromatic nitrogens is 3. The number of carbonyl (C=O) groups excluding carboxylic acids is 1. The highest BCUT2D eigenvalue weighted by atomic mass is 16.2. The van der Waals surface area contributed by atoms with E-state index in [0.717, 1.165) is 31.4 Å². The second kappa shape index (κ2) is 8.16. The van der Waals surface area contributed by atoms with Crippen LogP contribution >= 0.6 is 0 Å². The van der Waals surface area contributed by atoms with Crippen LogP contribution in [0, 0.1) is 0 Å². The number of aliphatic hydroxyl groups excluding tert-OH is 1. The minimum Gasteiger partial charge on any atom is -0.396 e. The first-order valence-electron chi connectivity index (χ1n) is 7.18. The highest BCUT2D eigenvalue weighted by Crippen LogP contribution is 2.05. The monoisotopic (exact) mass is 288 g/mol. The summed E-state index contributed by atoms with van der Waals surface area (Å²) in [4.78, 5) is 11.9.